The summed E-state index contributed by atoms with van der Waals surface area (Å²) in [6.45, 7) is 3.38. The summed E-state index contributed by atoms with van der Waals surface area (Å²) in [5.74, 6) is 0.991. The molecule has 1 saturated heterocycles. The van der Waals surface area contributed by atoms with Gasteiger partial charge < -0.3 is 15.4 Å². The first-order valence-electron chi connectivity index (χ1n) is 8.12. The van der Waals surface area contributed by atoms with Crippen LogP contribution in [0.2, 0.25) is 0 Å². The Morgan fingerprint density at radius 1 is 1.39 bits per heavy atom. The predicted octanol–water partition coefficient (Wildman–Crippen LogP) is 0.998. The Bertz CT molecular complexity index is 605. The summed E-state index contributed by atoms with van der Waals surface area (Å²) >= 11 is 0. The summed E-state index contributed by atoms with van der Waals surface area (Å²) in [7, 11) is 0. The molecule has 6 nitrogen and oxygen atoms in total. The highest BCUT2D eigenvalue weighted by Gasteiger charge is 2.33. The van der Waals surface area contributed by atoms with E-state index in [1.807, 2.05) is 23.1 Å². The Kier molecular flexibility index (Phi) is 4.52. The Labute approximate surface area is 136 Å². The van der Waals surface area contributed by atoms with Crippen molar-refractivity contribution in [1.29, 1.82) is 0 Å². The molecular formula is C17H23N3O3. The Morgan fingerprint density at radius 2 is 2.17 bits per heavy atom. The van der Waals surface area contributed by atoms with Gasteiger partial charge in [-0.3, -0.25) is 14.5 Å². The van der Waals surface area contributed by atoms with Gasteiger partial charge in [0.1, 0.15) is 12.3 Å². The van der Waals surface area contributed by atoms with E-state index in [1.165, 1.54) is 4.90 Å². The van der Waals surface area contributed by atoms with Crippen LogP contribution in [0.5, 0.6) is 5.75 Å². The van der Waals surface area contributed by atoms with E-state index in [9.17, 15) is 9.59 Å². The van der Waals surface area contributed by atoms with Gasteiger partial charge in [0.2, 0.25) is 5.91 Å². The monoisotopic (exact) mass is 317 g/mol. The largest absolute Gasteiger partial charge is 0.482 e. The molecule has 0 aromatic heterocycles. The van der Waals surface area contributed by atoms with Crippen LogP contribution in [0.15, 0.2) is 24.3 Å². The molecule has 1 aromatic carbocycles. The van der Waals surface area contributed by atoms with Crippen LogP contribution in [0.25, 0.3) is 0 Å². The summed E-state index contributed by atoms with van der Waals surface area (Å²) in [6, 6.07) is 7.37. The maximum absolute atomic E-state index is 12.7. The molecule has 0 aliphatic carbocycles. The molecule has 0 bridgehead atoms. The molecule has 2 aliphatic rings. The smallest absolute Gasteiger partial charge is 0.265 e. The molecule has 1 fully saturated rings. The van der Waals surface area contributed by atoms with Crippen LogP contribution in [0.4, 0.5) is 5.69 Å². The van der Waals surface area contributed by atoms with Gasteiger partial charge in [-0.2, -0.15) is 0 Å². The normalized spacial score (nSPS) is 24.2. The van der Waals surface area contributed by atoms with Crippen molar-refractivity contribution in [2.45, 2.75) is 25.8 Å². The average molecular weight is 317 g/mol. The van der Waals surface area contributed by atoms with E-state index >= 15 is 0 Å². The maximum atomic E-state index is 12.7. The van der Waals surface area contributed by atoms with E-state index in [-0.39, 0.29) is 31.0 Å². The lowest BCUT2D eigenvalue weighted by molar-refractivity contribution is -0.135. The number of para-hydroxylation sites is 2. The molecule has 23 heavy (non-hydrogen) atoms. The summed E-state index contributed by atoms with van der Waals surface area (Å²) in [5, 5.41) is 0. The standard InChI is InChI=1S/C17H23N3O3/c1-12-6-7-19(13(8-12)9-18)16(21)10-20-14-4-2-3-5-15(14)23-11-17(20)22/h2-5,12-13H,6-11,18H2,1H3. The van der Waals surface area contributed by atoms with Gasteiger partial charge in [0.25, 0.3) is 5.91 Å². The van der Waals surface area contributed by atoms with Crippen LogP contribution in [0, 0.1) is 5.92 Å². The summed E-state index contributed by atoms with van der Waals surface area (Å²) in [5.41, 5.74) is 6.50. The van der Waals surface area contributed by atoms with E-state index in [2.05, 4.69) is 6.92 Å². The summed E-state index contributed by atoms with van der Waals surface area (Å²) in [6.07, 6.45) is 1.91. The van der Waals surface area contributed by atoms with Crippen molar-refractivity contribution in [3.8, 4) is 5.75 Å². The van der Waals surface area contributed by atoms with Crippen molar-refractivity contribution in [1.82, 2.24) is 4.90 Å². The second-order valence-electron chi connectivity index (χ2n) is 6.34. The lowest BCUT2D eigenvalue weighted by Gasteiger charge is -2.39. The molecule has 2 unspecified atom stereocenters. The Hall–Kier alpha value is -2.08. The highest BCUT2D eigenvalue weighted by Crippen LogP contribution is 2.31. The van der Waals surface area contributed by atoms with Crippen molar-refractivity contribution in [2.24, 2.45) is 11.7 Å². The molecule has 1 aromatic rings. The lowest BCUT2D eigenvalue weighted by Crippen LogP contribution is -2.53. The third-order valence-electron chi connectivity index (χ3n) is 4.67. The van der Waals surface area contributed by atoms with Gasteiger partial charge in [0.05, 0.1) is 5.69 Å². The minimum Gasteiger partial charge on any atom is -0.482 e. The number of amides is 2. The van der Waals surface area contributed by atoms with Gasteiger partial charge in [-0.1, -0.05) is 19.1 Å². The van der Waals surface area contributed by atoms with Crippen molar-refractivity contribution < 1.29 is 14.3 Å². The number of nitrogens with zero attached hydrogens (tertiary/aromatic N) is 2. The van der Waals surface area contributed by atoms with Crippen molar-refractivity contribution >= 4 is 17.5 Å². The van der Waals surface area contributed by atoms with E-state index in [1.54, 1.807) is 6.07 Å². The van der Waals surface area contributed by atoms with Gasteiger partial charge in [0, 0.05) is 19.1 Å². The zero-order valence-corrected chi connectivity index (χ0v) is 13.4. The number of hydrogen-bond acceptors (Lipinski definition) is 4. The SMILES string of the molecule is CC1CCN(C(=O)CN2C(=O)COc3ccccc32)C(CN)C1. The van der Waals surface area contributed by atoms with Crippen molar-refractivity contribution in [3.63, 3.8) is 0 Å². The van der Waals surface area contributed by atoms with Crippen LogP contribution in [-0.2, 0) is 9.59 Å². The zero-order chi connectivity index (χ0) is 16.4. The number of anilines is 1. The topological polar surface area (TPSA) is 75.9 Å². The molecule has 3 rings (SSSR count). The van der Waals surface area contributed by atoms with Crippen molar-refractivity contribution in [3.05, 3.63) is 24.3 Å². The van der Waals surface area contributed by atoms with Gasteiger partial charge in [0.15, 0.2) is 6.61 Å². The predicted molar refractivity (Wildman–Crippen MR) is 87.2 cm³/mol. The molecule has 0 saturated carbocycles. The number of benzene rings is 1. The fourth-order valence-corrected chi connectivity index (χ4v) is 3.36. The molecule has 124 valence electrons. The highest BCUT2D eigenvalue weighted by molar-refractivity contribution is 6.02. The Morgan fingerprint density at radius 3 is 2.96 bits per heavy atom. The zero-order valence-electron chi connectivity index (χ0n) is 13.4. The third kappa shape index (κ3) is 3.17. The third-order valence-corrected chi connectivity index (χ3v) is 4.67. The molecule has 2 amide bonds. The summed E-state index contributed by atoms with van der Waals surface area (Å²) in [4.78, 5) is 28.3. The van der Waals surface area contributed by atoms with Crippen LogP contribution >= 0.6 is 0 Å². The lowest BCUT2D eigenvalue weighted by atomic mass is 9.92. The number of ether oxygens (including phenoxy) is 1. The number of nitrogens with two attached hydrogens (primary N) is 1. The summed E-state index contributed by atoms with van der Waals surface area (Å²) < 4.78 is 5.41. The van der Waals surface area contributed by atoms with Crippen molar-refractivity contribution in [2.75, 3.05) is 31.1 Å². The number of likely N-dealkylation sites (tertiary alicyclic amines) is 1. The molecule has 2 atom stereocenters. The number of piperidine rings is 1. The van der Waals surface area contributed by atoms with Crippen LogP contribution in [0.1, 0.15) is 19.8 Å². The Balaban J connectivity index is 1.76. The van der Waals surface area contributed by atoms with Gasteiger partial charge in [-0.15, -0.1) is 0 Å². The second-order valence-corrected chi connectivity index (χ2v) is 6.34. The quantitative estimate of drug-likeness (QED) is 0.902. The average Bonchev–Trinajstić information content (AvgIpc) is 2.57. The first-order chi connectivity index (χ1) is 11.1. The fourth-order valence-electron chi connectivity index (χ4n) is 3.36. The van der Waals surface area contributed by atoms with E-state index < -0.39 is 0 Å². The number of hydrogen-bond donors (Lipinski definition) is 1. The second kappa shape index (κ2) is 6.58. The minimum absolute atomic E-state index is 0.0261. The molecule has 0 radical (unpaired) electrons. The minimum atomic E-state index is -0.188. The number of carbonyl (C=O) groups excluding carboxylic acids is 2. The van der Waals surface area contributed by atoms with Crippen LogP contribution in [-0.4, -0.2) is 49.0 Å². The molecule has 0 spiro atoms. The maximum Gasteiger partial charge on any atom is 0.265 e. The first kappa shape index (κ1) is 15.8. The molecule has 2 heterocycles. The van der Waals surface area contributed by atoms with Crippen LogP contribution in [0.3, 0.4) is 0 Å². The number of rotatable bonds is 3. The number of fused-ring (bicyclic) bond motifs is 1. The molecule has 2 N–H and O–H groups in total. The molecule has 2 aliphatic heterocycles. The van der Waals surface area contributed by atoms with E-state index in [4.69, 9.17) is 10.5 Å². The highest BCUT2D eigenvalue weighted by atomic mass is 16.5. The first-order valence-corrected chi connectivity index (χ1v) is 8.12. The van der Waals surface area contributed by atoms with Gasteiger partial charge in [-0.25, -0.2) is 0 Å². The molecular weight excluding hydrogens is 294 g/mol. The van der Waals surface area contributed by atoms with E-state index in [0.29, 0.717) is 30.4 Å². The fraction of sp³-hybridized carbons (Fsp3) is 0.529. The van der Waals surface area contributed by atoms with Gasteiger partial charge in [-0.05, 0) is 30.9 Å². The van der Waals surface area contributed by atoms with Crippen LogP contribution < -0.4 is 15.4 Å². The molecule has 6 heteroatoms. The van der Waals surface area contributed by atoms with E-state index in [0.717, 1.165) is 12.8 Å². The number of carbonyl (C=O) groups is 2. The van der Waals surface area contributed by atoms with Gasteiger partial charge >= 0.3 is 0 Å².